The number of carbonyl (C=O) groups is 1. The van der Waals surface area contributed by atoms with E-state index >= 15 is 0 Å². The fourth-order valence-corrected chi connectivity index (χ4v) is 3.80. The summed E-state index contributed by atoms with van der Waals surface area (Å²) in [6, 6.07) is 7.73. The predicted molar refractivity (Wildman–Crippen MR) is 98.5 cm³/mol. The standard InChI is InChI=1S/C17H21N5O4S/c1-20(26-2)27(24,25)15-6-3-5-14(13-15)16(23)21-9-11-22(12-10-21)17-18-7-4-8-19-17/h3-8,13H,9-12H2,1-2H3. The molecular weight excluding hydrogens is 370 g/mol. The van der Waals surface area contributed by atoms with Crippen molar-refractivity contribution in [2.24, 2.45) is 0 Å². The lowest BCUT2D eigenvalue weighted by Gasteiger charge is -2.34. The monoisotopic (exact) mass is 391 g/mol. The van der Waals surface area contributed by atoms with Crippen LogP contribution in [0.1, 0.15) is 10.4 Å². The van der Waals surface area contributed by atoms with Gasteiger partial charge in [0.05, 0.1) is 12.0 Å². The molecule has 27 heavy (non-hydrogen) atoms. The van der Waals surface area contributed by atoms with Crippen molar-refractivity contribution in [3.8, 4) is 0 Å². The molecule has 144 valence electrons. The average Bonchev–Trinajstić information content (AvgIpc) is 2.73. The molecule has 1 amide bonds. The minimum Gasteiger partial charge on any atom is -0.337 e. The van der Waals surface area contributed by atoms with Crippen molar-refractivity contribution in [3.63, 3.8) is 0 Å². The molecule has 0 N–H and O–H groups in total. The van der Waals surface area contributed by atoms with Crippen LogP contribution in [0.25, 0.3) is 0 Å². The van der Waals surface area contributed by atoms with Gasteiger partial charge in [-0.05, 0) is 24.3 Å². The first-order valence-corrected chi connectivity index (χ1v) is 9.82. The van der Waals surface area contributed by atoms with Crippen LogP contribution in [0.5, 0.6) is 0 Å². The van der Waals surface area contributed by atoms with E-state index in [0.29, 0.717) is 37.7 Å². The molecule has 0 atom stereocenters. The Morgan fingerprint density at radius 2 is 1.78 bits per heavy atom. The largest absolute Gasteiger partial charge is 0.337 e. The number of anilines is 1. The van der Waals surface area contributed by atoms with E-state index in [0.717, 1.165) is 4.47 Å². The van der Waals surface area contributed by atoms with Crippen LogP contribution in [0.2, 0.25) is 0 Å². The summed E-state index contributed by atoms with van der Waals surface area (Å²) >= 11 is 0. The molecule has 1 aliphatic heterocycles. The second-order valence-corrected chi connectivity index (χ2v) is 7.89. The van der Waals surface area contributed by atoms with Crippen molar-refractivity contribution < 1.29 is 18.0 Å². The van der Waals surface area contributed by atoms with Gasteiger partial charge in [-0.1, -0.05) is 10.5 Å². The molecule has 2 heterocycles. The summed E-state index contributed by atoms with van der Waals surface area (Å²) in [6.45, 7) is 2.23. The zero-order valence-electron chi connectivity index (χ0n) is 15.1. The SMILES string of the molecule is CON(C)S(=O)(=O)c1cccc(C(=O)N2CCN(c3ncccn3)CC2)c1. The first-order chi connectivity index (χ1) is 12.9. The molecule has 1 fully saturated rings. The summed E-state index contributed by atoms with van der Waals surface area (Å²) in [5.74, 6) is 0.432. The van der Waals surface area contributed by atoms with Crippen LogP contribution in [0.4, 0.5) is 5.95 Å². The number of amides is 1. The number of rotatable bonds is 5. The summed E-state index contributed by atoms with van der Waals surface area (Å²) in [4.78, 5) is 29.7. The molecule has 10 heteroatoms. The smallest absolute Gasteiger partial charge is 0.264 e. The average molecular weight is 391 g/mol. The van der Waals surface area contributed by atoms with Gasteiger partial charge in [-0.3, -0.25) is 9.63 Å². The lowest BCUT2D eigenvalue weighted by molar-refractivity contribution is -0.0258. The lowest BCUT2D eigenvalue weighted by atomic mass is 10.2. The molecule has 0 aliphatic carbocycles. The Hall–Kier alpha value is -2.56. The molecule has 1 aromatic carbocycles. The summed E-state index contributed by atoms with van der Waals surface area (Å²) < 4.78 is 25.5. The Labute approximate surface area is 158 Å². The van der Waals surface area contributed by atoms with Gasteiger partial charge in [-0.25, -0.2) is 18.4 Å². The minimum atomic E-state index is -3.80. The van der Waals surface area contributed by atoms with Crippen molar-refractivity contribution in [1.29, 1.82) is 0 Å². The molecular formula is C17H21N5O4S. The van der Waals surface area contributed by atoms with E-state index in [9.17, 15) is 13.2 Å². The zero-order valence-corrected chi connectivity index (χ0v) is 16.0. The Morgan fingerprint density at radius 1 is 1.11 bits per heavy atom. The fraction of sp³-hybridized carbons (Fsp3) is 0.353. The van der Waals surface area contributed by atoms with Gasteiger partial charge in [0.25, 0.3) is 15.9 Å². The van der Waals surface area contributed by atoms with E-state index in [2.05, 4.69) is 9.97 Å². The van der Waals surface area contributed by atoms with Crippen LogP contribution in [0.3, 0.4) is 0 Å². The highest BCUT2D eigenvalue weighted by atomic mass is 32.2. The molecule has 0 radical (unpaired) electrons. The number of nitrogens with zero attached hydrogens (tertiary/aromatic N) is 5. The molecule has 1 saturated heterocycles. The van der Waals surface area contributed by atoms with Crippen LogP contribution in [0, 0.1) is 0 Å². The van der Waals surface area contributed by atoms with Crippen LogP contribution in [-0.2, 0) is 14.9 Å². The van der Waals surface area contributed by atoms with Crippen LogP contribution < -0.4 is 4.90 Å². The Morgan fingerprint density at radius 3 is 2.41 bits per heavy atom. The minimum absolute atomic E-state index is 0.00835. The Balaban J connectivity index is 1.71. The third kappa shape index (κ3) is 4.07. The first kappa shape index (κ1) is 19.2. The first-order valence-electron chi connectivity index (χ1n) is 8.38. The van der Waals surface area contributed by atoms with Gasteiger partial charge in [0.1, 0.15) is 0 Å². The van der Waals surface area contributed by atoms with E-state index in [-0.39, 0.29) is 10.8 Å². The molecule has 2 aromatic rings. The highest BCUT2D eigenvalue weighted by molar-refractivity contribution is 7.89. The number of hydrogen-bond acceptors (Lipinski definition) is 7. The molecule has 1 aromatic heterocycles. The molecule has 9 nitrogen and oxygen atoms in total. The lowest BCUT2D eigenvalue weighted by Crippen LogP contribution is -2.49. The third-order valence-corrected chi connectivity index (χ3v) is 6.05. The Bertz CT molecular complexity index is 899. The third-order valence-electron chi connectivity index (χ3n) is 4.38. The number of hydrogen-bond donors (Lipinski definition) is 0. The normalized spacial score (nSPS) is 15.2. The van der Waals surface area contributed by atoms with Crippen LogP contribution in [-0.4, -0.2) is 74.0 Å². The van der Waals surface area contributed by atoms with E-state index in [1.807, 2.05) is 4.90 Å². The van der Waals surface area contributed by atoms with Crippen molar-refractivity contribution in [2.45, 2.75) is 4.90 Å². The number of carbonyl (C=O) groups excluding carboxylic acids is 1. The van der Waals surface area contributed by atoms with E-state index < -0.39 is 10.0 Å². The topological polar surface area (TPSA) is 95.9 Å². The van der Waals surface area contributed by atoms with Crippen LogP contribution in [0.15, 0.2) is 47.6 Å². The molecule has 0 unspecified atom stereocenters. The molecule has 0 spiro atoms. The number of benzene rings is 1. The van der Waals surface area contributed by atoms with E-state index in [4.69, 9.17) is 4.84 Å². The highest BCUT2D eigenvalue weighted by Crippen LogP contribution is 2.18. The highest BCUT2D eigenvalue weighted by Gasteiger charge is 2.26. The second kappa shape index (κ2) is 7.99. The second-order valence-electron chi connectivity index (χ2n) is 5.95. The number of hydroxylamine groups is 1. The molecule has 0 bridgehead atoms. The van der Waals surface area contributed by atoms with Gasteiger partial charge in [0.15, 0.2) is 0 Å². The van der Waals surface area contributed by atoms with Gasteiger partial charge in [0.2, 0.25) is 5.95 Å². The number of sulfonamides is 1. The van der Waals surface area contributed by atoms with Gasteiger partial charge >= 0.3 is 0 Å². The van der Waals surface area contributed by atoms with E-state index in [1.54, 1.807) is 35.5 Å². The summed E-state index contributed by atoms with van der Waals surface area (Å²) in [5, 5.41) is 0. The van der Waals surface area contributed by atoms with Gasteiger partial charge < -0.3 is 9.80 Å². The molecule has 3 rings (SSSR count). The van der Waals surface area contributed by atoms with Crippen molar-refractivity contribution >= 4 is 21.9 Å². The quantitative estimate of drug-likeness (QED) is 0.690. The summed E-state index contributed by atoms with van der Waals surface area (Å²) in [7, 11) is -1.24. The maximum absolute atomic E-state index is 12.8. The molecule has 0 saturated carbocycles. The number of aromatic nitrogens is 2. The summed E-state index contributed by atoms with van der Waals surface area (Å²) in [6.07, 6.45) is 3.37. The summed E-state index contributed by atoms with van der Waals surface area (Å²) in [5.41, 5.74) is 0.324. The molecule has 1 aliphatic rings. The zero-order chi connectivity index (χ0) is 19.4. The van der Waals surface area contributed by atoms with Gasteiger partial charge in [-0.15, -0.1) is 0 Å². The van der Waals surface area contributed by atoms with Gasteiger partial charge in [-0.2, -0.15) is 0 Å². The maximum Gasteiger partial charge on any atom is 0.264 e. The van der Waals surface area contributed by atoms with Crippen molar-refractivity contribution in [2.75, 3.05) is 45.2 Å². The number of piperazine rings is 1. The maximum atomic E-state index is 12.8. The van der Waals surface area contributed by atoms with Crippen molar-refractivity contribution in [1.82, 2.24) is 19.3 Å². The van der Waals surface area contributed by atoms with E-state index in [1.165, 1.54) is 26.3 Å². The Kier molecular flexibility index (Phi) is 5.68. The predicted octanol–water partition coefficient (Wildman–Crippen LogP) is 0.621. The van der Waals surface area contributed by atoms with Gasteiger partial charge in [0, 0.05) is 51.2 Å². The van der Waals surface area contributed by atoms with Crippen LogP contribution >= 0.6 is 0 Å². The van der Waals surface area contributed by atoms with Crippen molar-refractivity contribution in [3.05, 3.63) is 48.3 Å². The fourth-order valence-electron chi connectivity index (χ4n) is 2.78.